The highest BCUT2D eigenvalue weighted by Crippen LogP contribution is 2.30. The molecular formula is C21H25ClF3N5O3. The van der Waals surface area contributed by atoms with Gasteiger partial charge in [0.05, 0.1) is 11.1 Å². The lowest BCUT2D eigenvalue weighted by Crippen LogP contribution is -2.60. The second-order valence-corrected chi connectivity index (χ2v) is 9.46. The third-order valence-corrected chi connectivity index (χ3v) is 5.58. The summed E-state index contributed by atoms with van der Waals surface area (Å²) < 4.78 is 38.5. The number of nitriles is 1. The molecule has 180 valence electrons. The quantitative estimate of drug-likeness (QED) is 0.662. The summed E-state index contributed by atoms with van der Waals surface area (Å²) in [7, 11) is 0. The van der Waals surface area contributed by atoms with Gasteiger partial charge in [-0.05, 0) is 23.8 Å². The molecule has 4 atom stereocenters. The maximum atomic E-state index is 13.3. The van der Waals surface area contributed by atoms with Crippen LogP contribution in [0.5, 0.6) is 0 Å². The highest BCUT2D eigenvalue weighted by atomic mass is 35.5. The van der Waals surface area contributed by atoms with Gasteiger partial charge in [0, 0.05) is 24.5 Å². The van der Waals surface area contributed by atoms with Gasteiger partial charge in [-0.15, -0.1) is 0 Å². The van der Waals surface area contributed by atoms with Crippen molar-refractivity contribution in [2.24, 2.45) is 11.3 Å². The van der Waals surface area contributed by atoms with Crippen LogP contribution in [0.4, 0.5) is 13.2 Å². The molecule has 0 bridgehead atoms. The number of aromatic nitrogens is 1. The molecule has 8 nitrogen and oxygen atoms in total. The van der Waals surface area contributed by atoms with Crippen LogP contribution >= 0.6 is 11.6 Å². The van der Waals surface area contributed by atoms with Crippen molar-refractivity contribution >= 4 is 29.3 Å². The molecule has 1 fully saturated rings. The number of amides is 3. The van der Waals surface area contributed by atoms with Crippen molar-refractivity contribution in [3.05, 3.63) is 29.0 Å². The van der Waals surface area contributed by atoms with Crippen molar-refractivity contribution in [3.8, 4) is 6.07 Å². The van der Waals surface area contributed by atoms with Crippen molar-refractivity contribution in [2.45, 2.75) is 58.4 Å². The molecule has 2 heterocycles. The van der Waals surface area contributed by atoms with E-state index in [0.717, 1.165) is 4.90 Å². The molecule has 1 aromatic rings. The smallest absolute Gasteiger partial charge is 0.336 e. The summed E-state index contributed by atoms with van der Waals surface area (Å²) >= 11 is 5.90. The van der Waals surface area contributed by atoms with Crippen LogP contribution in [0.3, 0.4) is 0 Å². The Morgan fingerprint density at radius 2 is 1.88 bits per heavy atom. The minimum atomic E-state index is -5.16. The Kier molecular flexibility index (Phi) is 7.96. The topological polar surface area (TPSA) is 115 Å². The van der Waals surface area contributed by atoms with Gasteiger partial charge in [0.1, 0.15) is 18.1 Å². The van der Waals surface area contributed by atoms with Crippen LogP contribution in [-0.4, -0.2) is 52.4 Å². The molecule has 1 aliphatic rings. The Hall–Kier alpha value is -2.87. The third-order valence-electron chi connectivity index (χ3n) is 5.37. The van der Waals surface area contributed by atoms with E-state index in [1.807, 2.05) is 6.07 Å². The van der Waals surface area contributed by atoms with E-state index in [2.05, 4.69) is 10.3 Å². The Labute approximate surface area is 194 Å². The van der Waals surface area contributed by atoms with Gasteiger partial charge in [-0.25, -0.2) is 0 Å². The fourth-order valence-corrected chi connectivity index (χ4v) is 3.81. The second-order valence-electron chi connectivity index (χ2n) is 9.02. The standard InChI is InChI=1S/C21H25ClF3N5O3/c1-11-5-6-30(18(32)16(20(2,3)4)29-19(33)21(23,24)25)15(11)17(31)28-14(8-26)12-7-13(22)10-27-9-12/h7,9-11,14-16H,5-6H2,1-4H3,(H,28,31)(H,29,33)/t11-,14-,15-,16+/m0/s1. The molecule has 2 rings (SSSR count). The summed E-state index contributed by atoms with van der Waals surface area (Å²) in [6.45, 7) is 6.37. The van der Waals surface area contributed by atoms with Crippen molar-refractivity contribution in [1.82, 2.24) is 20.5 Å². The SMILES string of the molecule is C[C@H]1CCN(C(=O)[C@@H](NC(=O)C(F)(F)F)C(C)(C)C)[C@@H]1C(=O)N[C@@H](C#N)c1cncc(Cl)c1. The number of carbonyl (C=O) groups excluding carboxylic acids is 3. The molecule has 0 saturated carbocycles. The first-order valence-electron chi connectivity index (χ1n) is 10.2. The van der Waals surface area contributed by atoms with E-state index in [0.29, 0.717) is 12.0 Å². The number of halogens is 4. The van der Waals surface area contributed by atoms with Gasteiger partial charge in [0.25, 0.3) is 0 Å². The fraction of sp³-hybridized carbons (Fsp3) is 0.571. The summed E-state index contributed by atoms with van der Waals surface area (Å²) in [5.41, 5.74) is -0.723. The minimum Gasteiger partial charge on any atom is -0.336 e. The molecule has 0 aromatic carbocycles. The molecule has 1 saturated heterocycles. The number of carbonyl (C=O) groups is 3. The van der Waals surface area contributed by atoms with E-state index in [1.165, 1.54) is 39.2 Å². The molecule has 1 aliphatic heterocycles. The van der Waals surface area contributed by atoms with Crippen LogP contribution in [0.2, 0.25) is 5.02 Å². The Balaban J connectivity index is 2.28. The lowest BCUT2D eigenvalue weighted by atomic mass is 9.85. The Bertz CT molecular complexity index is 958. The monoisotopic (exact) mass is 487 g/mol. The molecule has 2 N–H and O–H groups in total. The van der Waals surface area contributed by atoms with E-state index in [-0.39, 0.29) is 17.5 Å². The third kappa shape index (κ3) is 6.35. The number of likely N-dealkylation sites (tertiary alicyclic amines) is 1. The number of rotatable bonds is 5. The summed E-state index contributed by atoms with van der Waals surface area (Å²) in [5, 5.41) is 14.1. The first kappa shape index (κ1) is 26.4. The second kappa shape index (κ2) is 9.95. The first-order chi connectivity index (χ1) is 15.2. The van der Waals surface area contributed by atoms with Crippen LogP contribution in [0.25, 0.3) is 0 Å². The molecule has 0 aliphatic carbocycles. The molecule has 0 radical (unpaired) electrons. The van der Waals surface area contributed by atoms with Gasteiger partial charge in [-0.3, -0.25) is 19.4 Å². The molecule has 12 heteroatoms. The predicted molar refractivity (Wildman–Crippen MR) is 112 cm³/mol. The number of pyridine rings is 1. The summed E-state index contributed by atoms with van der Waals surface area (Å²) in [6.07, 6.45) is -2.01. The van der Waals surface area contributed by atoms with Gasteiger partial charge >= 0.3 is 12.1 Å². The number of alkyl halides is 3. The molecule has 0 spiro atoms. The number of nitrogens with zero attached hydrogens (tertiary/aromatic N) is 3. The van der Waals surface area contributed by atoms with E-state index >= 15 is 0 Å². The van der Waals surface area contributed by atoms with Crippen molar-refractivity contribution in [2.75, 3.05) is 6.54 Å². The molecule has 1 aromatic heterocycles. The molecule has 3 amide bonds. The van der Waals surface area contributed by atoms with Gasteiger partial charge in [-0.1, -0.05) is 39.3 Å². The summed E-state index contributed by atoms with van der Waals surface area (Å²) in [5.74, 6) is -4.01. The predicted octanol–water partition coefficient (Wildman–Crippen LogP) is 2.75. The highest BCUT2D eigenvalue weighted by Gasteiger charge is 2.48. The zero-order valence-electron chi connectivity index (χ0n) is 18.5. The van der Waals surface area contributed by atoms with Crippen LogP contribution in [0, 0.1) is 22.7 Å². The van der Waals surface area contributed by atoms with Crippen LogP contribution in [0.1, 0.15) is 45.7 Å². The average Bonchev–Trinajstić information content (AvgIpc) is 3.09. The van der Waals surface area contributed by atoms with Gasteiger partial charge in [0.15, 0.2) is 0 Å². The van der Waals surface area contributed by atoms with Crippen LogP contribution in [0.15, 0.2) is 18.5 Å². The van der Waals surface area contributed by atoms with E-state index in [1.54, 1.807) is 12.2 Å². The van der Waals surface area contributed by atoms with Crippen molar-refractivity contribution in [3.63, 3.8) is 0 Å². The highest BCUT2D eigenvalue weighted by molar-refractivity contribution is 6.30. The normalized spacial score (nSPS) is 20.5. The van der Waals surface area contributed by atoms with E-state index in [9.17, 15) is 32.8 Å². The van der Waals surface area contributed by atoms with Gasteiger partial charge in [-0.2, -0.15) is 18.4 Å². The van der Waals surface area contributed by atoms with Crippen molar-refractivity contribution < 1.29 is 27.6 Å². The fourth-order valence-electron chi connectivity index (χ4n) is 3.63. The maximum Gasteiger partial charge on any atom is 0.471 e. The largest absolute Gasteiger partial charge is 0.471 e. The molecule has 33 heavy (non-hydrogen) atoms. The summed E-state index contributed by atoms with van der Waals surface area (Å²) in [4.78, 5) is 42.9. The zero-order valence-corrected chi connectivity index (χ0v) is 19.3. The van der Waals surface area contributed by atoms with Gasteiger partial charge in [0.2, 0.25) is 11.8 Å². The average molecular weight is 488 g/mol. The zero-order chi connectivity index (χ0) is 25.1. The molecular weight excluding hydrogens is 463 g/mol. The number of nitrogens with one attached hydrogen (secondary N) is 2. The van der Waals surface area contributed by atoms with Crippen LogP contribution < -0.4 is 10.6 Å². The summed E-state index contributed by atoms with van der Waals surface area (Å²) in [6, 6.07) is -0.255. The van der Waals surface area contributed by atoms with Gasteiger partial charge < -0.3 is 15.5 Å². The lowest BCUT2D eigenvalue weighted by Gasteiger charge is -2.36. The first-order valence-corrected chi connectivity index (χ1v) is 10.5. The maximum absolute atomic E-state index is 13.3. The van der Waals surface area contributed by atoms with Crippen LogP contribution in [-0.2, 0) is 14.4 Å². The number of hydrogen-bond acceptors (Lipinski definition) is 5. The van der Waals surface area contributed by atoms with Crippen molar-refractivity contribution in [1.29, 1.82) is 5.26 Å². The van der Waals surface area contributed by atoms with E-state index < -0.39 is 47.4 Å². The minimum absolute atomic E-state index is 0.114. The Morgan fingerprint density at radius 3 is 2.39 bits per heavy atom. The Morgan fingerprint density at radius 1 is 1.24 bits per heavy atom. The van der Waals surface area contributed by atoms with E-state index in [4.69, 9.17) is 11.6 Å². The number of hydrogen-bond donors (Lipinski definition) is 2. The lowest BCUT2D eigenvalue weighted by molar-refractivity contribution is -0.176. The molecule has 0 unspecified atom stereocenters.